The minimum atomic E-state index is -0.261. The topological polar surface area (TPSA) is 64.3 Å². The molecule has 0 radical (unpaired) electrons. The average molecular weight is 359 g/mol. The van der Waals surface area contributed by atoms with Crippen LogP contribution in [0.1, 0.15) is 34.8 Å². The van der Waals surface area contributed by atoms with Crippen LogP contribution in [0.15, 0.2) is 42.5 Å². The molecule has 3 N–H and O–H groups in total. The van der Waals surface area contributed by atoms with Crippen LogP contribution in [0.25, 0.3) is 6.08 Å². The number of anilines is 1. The van der Waals surface area contributed by atoms with E-state index in [1.807, 2.05) is 44.2 Å². The van der Waals surface area contributed by atoms with Gasteiger partial charge in [0.1, 0.15) is 5.75 Å². The number of benzene rings is 2. The summed E-state index contributed by atoms with van der Waals surface area (Å²) in [4.78, 5) is 12.7. The van der Waals surface area contributed by atoms with E-state index in [4.69, 9.17) is 22.1 Å². The number of aryl methyl sites for hydroxylation is 1. The summed E-state index contributed by atoms with van der Waals surface area (Å²) in [5.41, 5.74) is 8.81. The van der Waals surface area contributed by atoms with E-state index in [-0.39, 0.29) is 5.91 Å². The van der Waals surface area contributed by atoms with Gasteiger partial charge in [-0.15, -0.1) is 0 Å². The highest BCUT2D eigenvalue weighted by molar-refractivity contribution is 6.31. The lowest BCUT2D eigenvalue weighted by molar-refractivity contribution is 0.102. The zero-order valence-electron chi connectivity index (χ0n) is 14.5. The number of rotatable bonds is 7. The molecule has 1 amide bonds. The fourth-order valence-corrected chi connectivity index (χ4v) is 2.56. The highest BCUT2D eigenvalue weighted by Crippen LogP contribution is 2.25. The number of nitrogens with two attached hydrogens (primary N) is 1. The van der Waals surface area contributed by atoms with Crippen LogP contribution in [-0.4, -0.2) is 19.1 Å². The van der Waals surface area contributed by atoms with Crippen molar-refractivity contribution >= 4 is 29.3 Å². The maximum atomic E-state index is 12.7. The van der Waals surface area contributed by atoms with Crippen molar-refractivity contribution in [2.45, 2.75) is 20.3 Å². The van der Waals surface area contributed by atoms with Gasteiger partial charge in [0.15, 0.2) is 0 Å². The van der Waals surface area contributed by atoms with Crippen molar-refractivity contribution in [2.75, 3.05) is 18.5 Å². The number of carbonyl (C=O) groups is 1. The fourth-order valence-electron chi connectivity index (χ4n) is 2.39. The molecule has 0 aliphatic rings. The zero-order valence-corrected chi connectivity index (χ0v) is 15.3. The van der Waals surface area contributed by atoms with Gasteiger partial charge in [-0.3, -0.25) is 4.79 Å². The summed E-state index contributed by atoms with van der Waals surface area (Å²) in [7, 11) is 0. The Morgan fingerprint density at radius 3 is 2.76 bits per heavy atom. The summed E-state index contributed by atoms with van der Waals surface area (Å²) >= 11 is 6.04. The first kappa shape index (κ1) is 19.0. The smallest absolute Gasteiger partial charge is 0.259 e. The molecular formula is C20H23ClN2O2. The number of allylic oxidation sites excluding steroid dienone is 1. The fraction of sp³-hybridized carbons (Fsp3) is 0.250. The van der Waals surface area contributed by atoms with Crippen molar-refractivity contribution in [3.8, 4) is 5.75 Å². The molecule has 132 valence electrons. The van der Waals surface area contributed by atoms with Crippen LogP contribution >= 0.6 is 11.6 Å². The van der Waals surface area contributed by atoms with Crippen LogP contribution in [0.5, 0.6) is 5.75 Å². The van der Waals surface area contributed by atoms with E-state index in [1.165, 1.54) is 0 Å². The van der Waals surface area contributed by atoms with Gasteiger partial charge in [-0.05, 0) is 68.3 Å². The van der Waals surface area contributed by atoms with Gasteiger partial charge in [0.2, 0.25) is 0 Å². The van der Waals surface area contributed by atoms with E-state index in [2.05, 4.69) is 5.32 Å². The van der Waals surface area contributed by atoms with E-state index in [1.54, 1.807) is 18.2 Å². The first-order chi connectivity index (χ1) is 12.0. The first-order valence-electron chi connectivity index (χ1n) is 8.22. The zero-order chi connectivity index (χ0) is 18.2. The first-order valence-corrected chi connectivity index (χ1v) is 8.60. The number of hydrogen-bond acceptors (Lipinski definition) is 3. The van der Waals surface area contributed by atoms with Gasteiger partial charge >= 0.3 is 0 Å². The molecule has 0 heterocycles. The molecule has 0 aliphatic heterocycles. The van der Waals surface area contributed by atoms with Gasteiger partial charge in [0.25, 0.3) is 5.91 Å². The third-order valence-electron chi connectivity index (χ3n) is 3.67. The molecule has 4 nitrogen and oxygen atoms in total. The Kier molecular flexibility index (Phi) is 7.04. The number of halogens is 1. The lowest BCUT2D eigenvalue weighted by Crippen LogP contribution is -2.15. The second kappa shape index (κ2) is 9.25. The summed E-state index contributed by atoms with van der Waals surface area (Å²) in [5.74, 6) is 0.237. The normalized spacial score (nSPS) is 10.9. The monoisotopic (exact) mass is 358 g/mol. The van der Waals surface area contributed by atoms with E-state index in [9.17, 15) is 4.79 Å². The van der Waals surface area contributed by atoms with E-state index in [0.717, 1.165) is 23.2 Å². The van der Waals surface area contributed by atoms with Crippen molar-refractivity contribution in [1.29, 1.82) is 0 Å². The quantitative estimate of drug-likeness (QED) is 0.707. The molecule has 0 bridgehead atoms. The summed E-state index contributed by atoms with van der Waals surface area (Å²) < 4.78 is 5.66. The molecule has 5 heteroatoms. The average Bonchev–Trinajstić information content (AvgIpc) is 2.59. The molecule has 0 aliphatic carbocycles. The summed E-state index contributed by atoms with van der Waals surface area (Å²) in [6.07, 6.45) is 4.73. The lowest BCUT2D eigenvalue weighted by atomic mass is 10.1. The Morgan fingerprint density at radius 1 is 1.28 bits per heavy atom. The number of hydrogen-bond donors (Lipinski definition) is 2. The molecule has 0 atom stereocenters. The van der Waals surface area contributed by atoms with Gasteiger partial charge in [-0.1, -0.05) is 29.8 Å². The van der Waals surface area contributed by atoms with Gasteiger partial charge in [0, 0.05) is 10.7 Å². The molecule has 0 fully saturated rings. The minimum Gasteiger partial charge on any atom is -0.493 e. The van der Waals surface area contributed by atoms with Crippen LogP contribution in [0.2, 0.25) is 5.02 Å². The molecule has 0 saturated carbocycles. The minimum absolute atomic E-state index is 0.261. The van der Waals surface area contributed by atoms with E-state index in [0.29, 0.717) is 29.5 Å². The summed E-state index contributed by atoms with van der Waals surface area (Å²) in [6, 6.07) is 10.8. The van der Waals surface area contributed by atoms with Crippen molar-refractivity contribution in [2.24, 2.45) is 5.73 Å². The van der Waals surface area contributed by atoms with Crippen LogP contribution in [0, 0.1) is 6.92 Å². The highest BCUT2D eigenvalue weighted by atomic mass is 35.5. The molecule has 0 saturated heterocycles. The van der Waals surface area contributed by atoms with Crippen molar-refractivity contribution in [3.05, 3.63) is 64.2 Å². The molecule has 2 rings (SSSR count). The van der Waals surface area contributed by atoms with Gasteiger partial charge in [-0.25, -0.2) is 0 Å². The third-order valence-corrected chi connectivity index (χ3v) is 3.90. The van der Waals surface area contributed by atoms with Crippen molar-refractivity contribution in [3.63, 3.8) is 0 Å². The molecule has 0 aromatic heterocycles. The second-order valence-electron chi connectivity index (χ2n) is 5.66. The second-order valence-corrected chi connectivity index (χ2v) is 6.09. The SMILES string of the molecule is C/C=C\c1ccc(NC(=O)c2cc(Cl)ccc2OCCCN)cc1C. The maximum absolute atomic E-state index is 12.7. The number of carbonyl (C=O) groups excluding carboxylic acids is 1. The van der Waals surface area contributed by atoms with Crippen molar-refractivity contribution < 1.29 is 9.53 Å². The predicted molar refractivity (Wildman–Crippen MR) is 104 cm³/mol. The third kappa shape index (κ3) is 5.34. The van der Waals surface area contributed by atoms with Gasteiger partial charge in [0.05, 0.1) is 12.2 Å². The standard InChI is InChI=1S/C20H23ClN2O2/c1-3-5-15-6-8-17(12-14(15)2)23-20(24)18-13-16(21)7-9-19(18)25-11-4-10-22/h3,5-9,12-13H,4,10-11,22H2,1-2H3,(H,23,24)/b5-3-. The summed E-state index contributed by atoms with van der Waals surface area (Å²) in [6.45, 7) is 4.97. The molecule has 0 spiro atoms. The van der Waals surface area contributed by atoms with Gasteiger partial charge < -0.3 is 15.8 Å². The largest absolute Gasteiger partial charge is 0.493 e. The van der Waals surface area contributed by atoms with Crippen LogP contribution in [0.3, 0.4) is 0 Å². The lowest BCUT2D eigenvalue weighted by Gasteiger charge is -2.13. The Labute approximate surface area is 153 Å². The Balaban J connectivity index is 2.20. The van der Waals surface area contributed by atoms with Crippen LogP contribution in [-0.2, 0) is 0 Å². The number of amides is 1. The molecule has 25 heavy (non-hydrogen) atoms. The Morgan fingerprint density at radius 2 is 2.08 bits per heavy atom. The van der Waals surface area contributed by atoms with Gasteiger partial charge in [-0.2, -0.15) is 0 Å². The Hall–Kier alpha value is -2.30. The maximum Gasteiger partial charge on any atom is 0.259 e. The predicted octanol–water partition coefficient (Wildman–Crippen LogP) is 4.66. The molecular weight excluding hydrogens is 336 g/mol. The molecule has 2 aromatic carbocycles. The number of ether oxygens (including phenoxy) is 1. The summed E-state index contributed by atoms with van der Waals surface area (Å²) in [5, 5.41) is 3.38. The van der Waals surface area contributed by atoms with Crippen LogP contribution in [0.4, 0.5) is 5.69 Å². The molecule has 2 aromatic rings. The van der Waals surface area contributed by atoms with E-state index < -0.39 is 0 Å². The number of nitrogens with one attached hydrogen (secondary N) is 1. The Bertz CT molecular complexity index is 772. The highest BCUT2D eigenvalue weighted by Gasteiger charge is 2.14. The van der Waals surface area contributed by atoms with Crippen molar-refractivity contribution in [1.82, 2.24) is 0 Å². The molecule has 0 unspecified atom stereocenters. The van der Waals surface area contributed by atoms with Crippen LogP contribution < -0.4 is 15.8 Å². The van der Waals surface area contributed by atoms with E-state index >= 15 is 0 Å².